The molecule has 0 atom stereocenters. The van der Waals surface area contributed by atoms with Crippen molar-refractivity contribution in [3.63, 3.8) is 0 Å². The Hall–Kier alpha value is -2.15. The highest BCUT2D eigenvalue weighted by Crippen LogP contribution is 2.25. The van der Waals surface area contributed by atoms with Gasteiger partial charge in [-0.1, -0.05) is 43.2 Å². The van der Waals surface area contributed by atoms with Gasteiger partial charge in [0.15, 0.2) is 11.5 Å². The lowest BCUT2D eigenvalue weighted by molar-refractivity contribution is -0.125. The minimum Gasteiger partial charge on any atom is -0.493 e. The van der Waals surface area contributed by atoms with Crippen LogP contribution in [0.5, 0.6) is 11.5 Å². The first-order chi connectivity index (χ1) is 10.8. The fourth-order valence-corrected chi connectivity index (χ4v) is 2.61. The Morgan fingerprint density at radius 3 is 2.64 bits per heavy atom. The highest BCUT2D eigenvalue weighted by atomic mass is 16.5. The van der Waals surface area contributed by atoms with Gasteiger partial charge in [-0.15, -0.1) is 0 Å². The summed E-state index contributed by atoms with van der Waals surface area (Å²) in [5.41, 5.74) is 0. The van der Waals surface area contributed by atoms with Crippen LogP contribution >= 0.6 is 0 Å². The van der Waals surface area contributed by atoms with Crippen molar-refractivity contribution in [3.05, 3.63) is 24.3 Å². The summed E-state index contributed by atoms with van der Waals surface area (Å²) in [6.45, 7) is 0.657. The fraction of sp³-hybridized carbons (Fsp3) is 0.500. The van der Waals surface area contributed by atoms with Crippen LogP contribution in [0.4, 0.5) is 0 Å². The fourth-order valence-electron chi connectivity index (χ4n) is 2.61. The summed E-state index contributed by atoms with van der Waals surface area (Å²) in [4.78, 5) is 11.9. The van der Waals surface area contributed by atoms with Gasteiger partial charge in [-0.2, -0.15) is 0 Å². The monoisotopic (exact) mass is 301 g/mol. The van der Waals surface area contributed by atoms with Crippen LogP contribution in [0.25, 0.3) is 0 Å². The lowest BCUT2D eigenvalue weighted by Crippen LogP contribution is -2.32. The zero-order chi connectivity index (χ0) is 15.6. The predicted molar refractivity (Wildman–Crippen MR) is 85.8 cm³/mol. The molecule has 0 bridgehead atoms. The Labute approximate surface area is 132 Å². The van der Waals surface area contributed by atoms with Gasteiger partial charge < -0.3 is 14.8 Å². The first-order valence-electron chi connectivity index (χ1n) is 7.80. The minimum absolute atomic E-state index is 0.139. The number of rotatable bonds is 5. The number of benzene rings is 1. The number of ether oxygens (including phenoxy) is 2. The summed E-state index contributed by atoms with van der Waals surface area (Å²) in [6, 6.07) is 7.45. The zero-order valence-corrected chi connectivity index (χ0v) is 13.1. The van der Waals surface area contributed by atoms with E-state index in [1.54, 1.807) is 7.11 Å². The van der Waals surface area contributed by atoms with E-state index in [2.05, 4.69) is 17.2 Å². The molecule has 1 amide bonds. The van der Waals surface area contributed by atoms with Crippen molar-refractivity contribution in [1.29, 1.82) is 0 Å². The number of methoxy groups -OCH3 is 1. The molecule has 0 radical (unpaired) electrons. The number of carbonyl (C=O) groups excluding carboxylic acids is 1. The van der Waals surface area contributed by atoms with E-state index in [9.17, 15) is 4.79 Å². The first-order valence-corrected chi connectivity index (χ1v) is 7.80. The topological polar surface area (TPSA) is 47.6 Å². The third kappa shape index (κ3) is 5.00. The van der Waals surface area contributed by atoms with E-state index in [-0.39, 0.29) is 18.4 Å². The SMILES string of the molecule is COc1ccccc1OCC#CCNC(=O)C1CCCCC1. The van der Waals surface area contributed by atoms with Crippen molar-refractivity contribution in [2.45, 2.75) is 32.1 Å². The number of nitrogens with one attached hydrogen (secondary N) is 1. The maximum atomic E-state index is 11.9. The molecule has 1 N–H and O–H groups in total. The molecule has 0 unspecified atom stereocenters. The van der Waals surface area contributed by atoms with Gasteiger partial charge in [-0.25, -0.2) is 0 Å². The van der Waals surface area contributed by atoms with Crippen LogP contribution in [0.2, 0.25) is 0 Å². The predicted octanol–water partition coefficient (Wildman–Crippen LogP) is 2.77. The Morgan fingerprint density at radius 1 is 1.18 bits per heavy atom. The van der Waals surface area contributed by atoms with Crippen molar-refractivity contribution in [1.82, 2.24) is 5.32 Å². The van der Waals surface area contributed by atoms with Crippen LogP contribution in [-0.2, 0) is 4.79 Å². The standard InChI is InChI=1S/C18H23NO3/c1-21-16-11-5-6-12-17(16)22-14-8-7-13-19-18(20)15-9-3-2-4-10-15/h5-6,11-12,15H,2-4,9-10,13-14H2,1H3,(H,19,20). The molecule has 22 heavy (non-hydrogen) atoms. The minimum atomic E-state index is 0.139. The van der Waals surface area contributed by atoms with Gasteiger partial charge in [-0.05, 0) is 25.0 Å². The smallest absolute Gasteiger partial charge is 0.223 e. The summed E-state index contributed by atoms with van der Waals surface area (Å²) < 4.78 is 10.7. The highest BCUT2D eigenvalue weighted by molar-refractivity contribution is 5.78. The van der Waals surface area contributed by atoms with E-state index in [1.807, 2.05) is 24.3 Å². The van der Waals surface area contributed by atoms with Crippen molar-refractivity contribution in [2.24, 2.45) is 5.92 Å². The third-order valence-corrected chi connectivity index (χ3v) is 3.82. The molecule has 0 aromatic heterocycles. The van der Waals surface area contributed by atoms with Crippen molar-refractivity contribution >= 4 is 5.91 Å². The largest absolute Gasteiger partial charge is 0.493 e. The van der Waals surface area contributed by atoms with Crippen molar-refractivity contribution in [2.75, 3.05) is 20.3 Å². The second-order valence-corrected chi connectivity index (χ2v) is 5.35. The van der Waals surface area contributed by atoms with Gasteiger partial charge >= 0.3 is 0 Å². The van der Waals surface area contributed by atoms with Gasteiger partial charge in [0.25, 0.3) is 0 Å². The molecule has 0 aliphatic heterocycles. The van der Waals surface area contributed by atoms with E-state index in [0.717, 1.165) is 25.7 Å². The van der Waals surface area contributed by atoms with Crippen LogP contribution in [0, 0.1) is 17.8 Å². The maximum absolute atomic E-state index is 11.9. The van der Waals surface area contributed by atoms with Crippen LogP contribution in [-0.4, -0.2) is 26.2 Å². The number of hydrogen-bond donors (Lipinski definition) is 1. The van der Waals surface area contributed by atoms with Crippen LogP contribution in [0.3, 0.4) is 0 Å². The lowest BCUT2D eigenvalue weighted by atomic mass is 9.89. The van der Waals surface area contributed by atoms with E-state index in [4.69, 9.17) is 9.47 Å². The summed E-state index contributed by atoms with van der Waals surface area (Å²) in [7, 11) is 1.61. The van der Waals surface area contributed by atoms with Crippen LogP contribution in [0.1, 0.15) is 32.1 Å². The molecule has 118 valence electrons. The number of amides is 1. The second-order valence-electron chi connectivity index (χ2n) is 5.35. The van der Waals surface area contributed by atoms with Gasteiger partial charge in [0.05, 0.1) is 13.7 Å². The molecule has 0 saturated heterocycles. The summed E-state index contributed by atoms with van der Waals surface area (Å²) in [6.07, 6.45) is 5.60. The maximum Gasteiger partial charge on any atom is 0.223 e. The molecule has 0 heterocycles. The van der Waals surface area contributed by atoms with Crippen LogP contribution < -0.4 is 14.8 Å². The quantitative estimate of drug-likeness (QED) is 0.851. The molecule has 0 spiro atoms. The van der Waals surface area contributed by atoms with E-state index in [0.29, 0.717) is 18.0 Å². The molecule has 1 aromatic rings. The van der Waals surface area contributed by atoms with Gasteiger partial charge in [0, 0.05) is 5.92 Å². The van der Waals surface area contributed by atoms with E-state index < -0.39 is 0 Å². The molecule has 1 aliphatic rings. The molecule has 2 rings (SSSR count). The Balaban J connectivity index is 1.67. The summed E-state index contributed by atoms with van der Waals surface area (Å²) >= 11 is 0. The molecule has 1 fully saturated rings. The van der Waals surface area contributed by atoms with Gasteiger partial charge in [-0.3, -0.25) is 4.79 Å². The molecular formula is C18H23NO3. The summed E-state index contributed by atoms with van der Waals surface area (Å²) in [5, 5.41) is 2.88. The van der Waals surface area contributed by atoms with Crippen molar-refractivity contribution in [3.8, 4) is 23.3 Å². The van der Waals surface area contributed by atoms with Crippen LogP contribution in [0.15, 0.2) is 24.3 Å². The Morgan fingerprint density at radius 2 is 1.91 bits per heavy atom. The molecule has 4 nitrogen and oxygen atoms in total. The molecule has 4 heteroatoms. The number of para-hydroxylation sites is 2. The molecular weight excluding hydrogens is 278 g/mol. The Kier molecular flexibility index (Phi) is 6.63. The number of hydrogen-bond acceptors (Lipinski definition) is 3. The highest BCUT2D eigenvalue weighted by Gasteiger charge is 2.19. The van der Waals surface area contributed by atoms with Gasteiger partial charge in [0.2, 0.25) is 5.91 Å². The lowest BCUT2D eigenvalue weighted by Gasteiger charge is -2.19. The average Bonchev–Trinajstić information content (AvgIpc) is 2.58. The van der Waals surface area contributed by atoms with E-state index >= 15 is 0 Å². The first kappa shape index (κ1) is 16.2. The second kappa shape index (κ2) is 8.99. The molecule has 1 saturated carbocycles. The molecule has 1 aromatic carbocycles. The zero-order valence-electron chi connectivity index (χ0n) is 13.1. The average molecular weight is 301 g/mol. The molecule has 1 aliphatic carbocycles. The van der Waals surface area contributed by atoms with E-state index in [1.165, 1.54) is 6.42 Å². The normalized spacial score (nSPS) is 14.6. The third-order valence-electron chi connectivity index (χ3n) is 3.82. The number of carbonyl (C=O) groups is 1. The van der Waals surface area contributed by atoms with Crippen molar-refractivity contribution < 1.29 is 14.3 Å². The van der Waals surface area contributed by atoms with Gasteiger partial charge in [0.1, 0.15) is 6.61 Å². The Bertz CT molecular complexity index is 539. The summed E-state index contributed by atoms with van der Waals surface area (Å²) in [5.74, 6) is 7.50.